The molecule has 2 amide bonds. The zero-order valence-corrected chi connectivity index (χ0v) is 20.1. The third kappa shape index (κ3) is 16.4. The van der Waals surface area contributed by atoms with Crippen LogP contribution in [0.1, 0.15) is 57.4 Å². The number of carbonyl (C=O) groups excluding carboxylic acids is 2. The molecule has 0 heterocycles. The van der Waals surface area contributed by atoms with E-state index < -0.39 is 0 Å². The highest BCUT2D eigenvalue weighted by molar-refractivity contribution is 5.78. The highest BCUT2D eigenvalue weighted by Gasteiger charge is 2.21. The van der Waals surface area contributed by atoms with Crippen molar-refractivity contribution in [2.24, 2.45) is 0 Å². The molecule has 0 spiro atoms. The largest absolute Gasteiger partial charge is 0.381 e. The Morgan fingerprint density at radius 3 is 2.23 bits per heavy atom. The van der Waals surface area contributed by atoms with Crippen LogP contribution in [-0.2, 0) is 16.0 Å². The molecular weight excluding hydrogens is 390 g/mol. The standard InChI is InChI=1S/C25H43N3O3/c1-22(29)20-24(21-28(2,3)4)27-25(30)26-17-11-5-6-12-18-31-19-13-10-16-23-14-8-7-9-15-23/h7-9,14-15,24H,5-6,10-13,16-21H2,1-4H3,(H-,26,27,30)/p+1/t24-/m1/s1. The number of ether oxygens (including phenoxy) is 1. The summed E-state index contributed by atoms with van der Waals surface area (Å²) in [5.74, 6) is 0.0946. The van der Waals surface area contributed by atoms with Gasteiger partial charge in [0, 0.05) is 26.2 Å². The maximum atomic E-state index is 12.1. The predicted octanol–water partition coefficient (Wildman–Crippen LogP) is 3.94. The van der Waals surface area contributed by atoms with Crippen LogP contribution in [0.4, 0.5) is 4.79 Å². The van der Waals surface area contributed by atoms with E-state index in [1.54, 1.807) is 6.92 Å². The van der Waals surface area contributed by atoms with Crippen LogP contribution >= 0.6 is 0 Å². The number of quaternary nitrogens is 1. The van der Waals surface area contributed by atoms with Crippen LogP contribution < -0.4 is 10.6 Å². The second-order valence-corrected chi connectivity index (χ2v) is 9.45. The van der Waals surface area contributed by atoms with E-state index in [9.17, 15) is 9.59 Å². The van der Waals surface area contributed by atoms with Gasteiger partial charge in [-0.3, -0.25) is 4.79 Å². The molecule has 0 radical (unpaired) electrons. The molecule has 1 atom stereocenters. The lowest BCUT2D eigenvalue weighted by Gasteiger charge is -2.29. The van der Waals surface area contributed by atoms with Crippen molar-refractivity contribution in [1.82, 2.24) is 10.6 Å². The Morgan fingerprint density at radius 2 is 1.58 bits per heavy atom. The Labute approximate surface area is 189 Å². The maximum Gasteiger partial charge on any atom is 0.315 e. The summed E-state index contributed by atoms with van der Waals surface area (Å²) in [4.78, 5) is 23.6. The van der Waals surface area contributed by atoms with Crippen LogP contribution in [0.5, 0.6) is 0 Å². The monoisotopic (exact) mass is 434 g/mol. The summed E-state index contributed by atoms with van der Waals surface area (Å²) in [5.41, 5.74) is 1.40. The molecule has 0 bridgehead atoms. The van der Waals surface area contributed by atoms with E-state index in [1.165, 1.54) is 12.0 Å². The van der Waals surface area contributed by atoms with E-state index in [-0.39, 0.29) is 17.9 Å². The number of amides is 2. The molecule has 0 saturated heterocycles. The minimum Gasteiger partial charge on any atom is -0.381 e. The van der Waals surface area contributed by atoms with E-state index in [0.717, 1.165) is 58.3 Å². The van der Waals surface area contributed by atoms with Crippen molar-refractivity contribution < 1.29 is 18.8 Å². The lowest BCUT2D eigenvalue weighted by molar-refractivity contribution is -0.871. The number of hydrogen-bond donors (Lipinski definition) is 2. The number of nitrogens with one attached hydrogen (secondary N) is 2. The summed E-state index contributed by atoms with van der Waals surface area (Å²) in [7, 11) is 6.17. The molecule has 6 heteroatoms. The molecule has 1 aromatic rings. The molecule has 1 rings (SSSR count). The van der Waals surface area contributed by atoms with E-state index in [2.05, 4.69) is 62.1 Å². The summed E-state index contributed by atoms with van der Waals surface area (Å²) in [5, 5.41) is 5.86. The maximum absolute atomic E-state index is 12.1. The van der Waals surface area contributed by atoms with Crippen LogP contribution in [0.3, 0.4) is 0 Å². The zero-order valence-electron chi connectivity index (χ0n) is 20.1. The van der Waals surface area contributed by atoms with Gasteiger partial charge in [0.1, 0.15) is 5.78 Å². The van der Waals surface area contributed by atoms with Gasteiger partial charge < -0.3 is 19.9 Å². The van der Waals surface area contributed by atoms with Gasteiger partial charge in [0.2, 0.25) is 0 Å². The van der Waals surface area contributed by atoms with Crippen molar-refractivity contribution >= 4 is 11.8 Å². The van der Waals surface area contributed by atoms with Gasteiger partial charge in [-0.25, -0.2) is 4.79 Å². The number of benzene rings is 1. The van der Waals surface area contributed by atoms with Gasteiger partial charge in [0.15, 0.2) is 0 Å². The van der Waals surface area contributed by atoms with Crippen molar-refractivity contribution in [3.63, 3.8) is 0 Å². The molecule has 0 fully saturated rings. The van der Waals surface area contributed by atoms with Crippen molar-refractivity contribution in [3.8, 4) is 0 Å². The number of urea groups is 1. The van der Waals surface area contributed by atoms with Gasteiger partial charge >= 0.3 is 6.03 Å². The van der Waals surface area contributed by atoms with Gasteiger partial charge in [-0.2, -0.15) is 0 Å². The third-order valence-corrected chi connectivity index (χ3v) is 4.99. The summed E-state index contributed by atoms with van der Waals surface area (Å²) >= 11 is 0. The van der Waals surface area contributed by atoms with Gasteiger partial charge in [-0.15, -0.1) is 0 Å². The summed E-state index contributed by atoms with van der Waals surface area (Å²) < 4.78 is 6.42. The lowest BCUT2D eigenvalue weighted by Crippen LogP contribution is -2.51. The Balaban J connectivity index is 1.96. The number of ketones is 1. The van der Waals surface area contributed by atoms with Crippen molar-refractivity contribution in [2.45, 2.75) is 64.3 Å². The van der Waals surface area contributed by atoms with E-state index in [4.69, 9.17) is 4.74 Å². The first-order valence-corrected chi connectivity index (χ1v) is 11.7. The number of unbranched alkanes of at least 4 members (excludes halogenated alkanes) is 4. The number of hydrogen-bond acceptors (Lipinski definition) is 3. The number of carbonyl (C=O) groups is 2. The molecule has 176 valence electrons. The van der Waals surface area contributed by atoms with Gasteiger partial charge in [0.05, 0.1) is 33.7 Å². The quantitative estimate of drug-likeness (QED) is 0.288. The predicted molar refractivity (Wildman–Crippen MR) is 127 cm³/mol. The van der Waals surface area contributed by atoms with E-state index in [0.29, 0.717) is 17.4 Å². The van der Waals surface area contributed by atoms with Crippen molar-refractivity contribution in [1.29, 1.82) is 0 Å². The van der Waals surface area contributed by atoms with Gasteiger partial charge in [-0.05, 0) is 44.6 Å². The fourth-order valence-corrected chi connectivity index (χ4v) is 3.57. The van der Waals surface area contributed by atoms with Crippen LogP contribution in [0.25, 0.3) is 0 Å². The fourth-order valence-electron chi connectivity index (χ4n) is 3.57. The molecular formula is C25H44N3O3+. The first kappa shape index (κ1) is 27.1. The third-order valence-electron chi connectivity index (χ3n) is 4.99. The number of aryl methyl sites for hydroxylation is 1. The number of Topliss-reactive ketones (excluding diaryl/α,β-unsaturated/α-hetero) is 1. The molecule has 31 heavy (non-hydrogen) atoms. The summed E-state index contributed by atoms with van der Waals surface area (Å²) in [6.45, 7) is 4.60. The summed E-state index contributed by atoms with van der Waals surface area (Å²) in [6.07, 6.45) is 7.97. The minimum atomic E-state index is -0.182. The van der Waals surface area contributed by atoms with Gasteiger partial charge in [0.25, 0.3) is 0 Å². The highest BCUT2D eigenvalue weighted by atomic mass is 16.5. The molecule has 2 N–H and O–H groups in total. The first-order chi connectivity index (χ1) is 14.8. The second kappa shape index (κ2) is 15.8. The van der Waals surface area contributed by atoms with Crippen molar-refractivity contribution in [3.05, 3.63) is 35.9 Å². The lowest BCUT2D eigenvalue weighted by atomic mass is 10.1. The molecule has 0 aliphatic rings. The van der Waals surface area contributed by atoms with Crippen molar-refractivity contribution in [2.75, 3.05) is 47.4 Å². The summed E-state index contributed by atoms with van der Waals surface area (Å²) in [6, 6.07) is 10.3. The Hall–Kier alpha value is -1.92. The van der Waals surface area contributed by atoms with Crippen LogP contribution in [-0.4, -0.2) is 69.8 Å². The van der Waals surface area contributed by atoms with Crippen LogP contribution in [0, 0.1) is 0 Å². The Kier molecular flexibility index (Phi) is 13.8. The average molecular weight is 435 g/mol. The van der Waals surface area contributed by atoms with Crippen LogP contribution in [0.2, 0.25) is 0 Å². The average Bonchev–Trinajstić information content (AvgIpc) is 2.67. The smallest absolute Gasteiger partial charge is 0.315 e. The molecule has 6 nitrogen and oxygen atoms in total. The first-order valence-electron chi connectivity index (χ1n) is 11.7. The minimum absolute atomic E-state index is 0.0946. The number of nitrogens with zero attached hydrogens (tertiary/aromatic N) is 1. The van der Waals surface area contributed by atoms with Crippen LogP contribution in [0.15, 0.2) is 30.3 Å². The van der Waals surface area contributed by atoms with E-state index >= 15 is 0 Å². The number of likely N-dealkylation sites (N-methyl/N-ethyl adjacent to an activating group) is 1. The highest BCUT2D eigenvalue weighted by Crippen LogP contribution is 2.05. The Bertz CT molecular complexity index is 614. The SMILES string of the molecule is CC(=O)C[C@H](C[N+](C)(C)C)NC(=O)NCCCCCCOCCCCc1ccccc1. The zero-order chi connectivity index (χ0) is 23.0. The normalized spacial score (nSPS) is 12.4. The molecule has 0 aliphatic heterocycles. The molecule has 0 saturated carbocycles. The molecule has 1 aromatic carbocycles. The molecule has 0 unspecified atom stereocenters. The topological polar surface area (TPSA) is 67.4 Å². The second-order valence-electron chi connectivity index (χ2n) is 9.45. The Morgan fingerprint density at radius 1 is 0.935 bits per heavy atom. The number of rotatable bonds is 17. The van der Waals surface area contributed by atoms with E-state index in [1.807, 2.05) is 0 Å². The fraction of sp³-hybridized carbons (Fsp3) is 0.680. The van der Waals surface area contributed by atoms with Gasteiger partial charge in [-0.1, -0.05) is 43.2 Å². The molecule has 0 aliphatic carbocycles. The molecule has 0 aromatic heterocycles.